The van der Waals surface area contributed by atoms with Crippen molar-refractivity contribution in [3.8, 4) is 16.8 Å². The van der Waals surface area contributed by atoms with Crippen LogP contribution in [0.4, 0.5) is 45.2 Å². The monoisotopic (exact) mass is 742 g/mol. The summed E-state index contributed by atoms with van der Waals surface area (Å²) in [5, 5.41) is 22.7. The van der Waals surface area contributed by atoms with Crippen LogP contribution in [-0.4, -0.2) is 75.1 Å². The number of carboxylic acids is 2. The molecule has 1 amide bonds. The van der Waals surface area contributed by atoms with Crippen molar-refractivity contribution < 1.29 is 64.1 Å². The van der Waals surface area contributed by atoms with Crippen LogP contribution in [0.2, 0.25) is 0 Å². The second-order valence-corrected chi connectivity index (χ2v) is 10.2. The number of hydrogen-bond donors (Lipinski definition) is 4. The smallest absolute Gasteiger partial charge is 0.475 e. The second kappa shape index (κ2) is 14.7. The number of halogens is 9. The first-order valence-electron chi connectivity index (χ1n) is 13.8. The molecule has 6 aromatic rings. The molecule has 22 heteroatoms. The first-order chi connectivity index (χ1) is 24.1. The summed E-state index contributed by atoms with van der Waals surface area (Å²) >= 11 is 0. The molecule has 0 unspecified atom stereocenters. The molecule has 0 spiro atoms. The minimum absolute atomic E-state index is 0.0570. The number of aliphatic carboxylic acids is 2. The zero-order valence-electron chi connectivity index (χ0n) is 25.6. The Bertz CT molecular complexity index is 2230. The number of anilines is 1. The van der Waals surface area contributed by atoms with E-state index < -0.39 is 41.9 Å². The maximum absolute atomic E-state index is 13.5. The maximum atomic E-state index is 13.5. The van der Waals surface area contributed by atoms with Crippen LogP contribution in [0.1, 0.15) is 21.6 Å². The molecule has 4 N–H and O–H groups in total. The van der Waals surface area contributed by atoms with E-state index in [1.165, 1.54) is 31.2 Å². The largest absolute Gasteiger partial charge is 0.490 e. The molecule has 272 valence electrons. The van der Waals surface area contributed by atoms with Crippen LogP contribution in [0.15, 0.2) is 73.8 Å². The first-order valence-corrected chi connectivity index (χ1v) is 13.8. The summed E-state index contributed by atoms with van der Waals surface area (Å²) in [6.45, 7) is 1.83. The SMILES string of the molecule is Cc1ncc(NC(=O)c2cc(-n3cncn3)cc(C(F)(F)F)c2)cc1-c1ccc2c(c1)[nH]c1ncncc12.O=C(O)C(F)(F)F.O=C(O)C(F)(F)F. The average molecular weight is 743 g/mol. The number of alkyl halides is 9. The third-order valence-electron chi connectivity index (χ3n) is 6.61. The molecule has 0 bridgehead atoms. The number of aromatic amines is 1. The van der Waals surface area contributed by atoms with Crippen molar-refractivity contribution in [2.75, 3.05) is 5.32 Å². The number of fused-ring (bicyclic) bond motifs is 3. The highest BCUT2D eigenvalue weighted by atomic mass is 19.4. The molecule has 0 saturated heterocycles. The molecule has 0 fully saturated rings. The van der Waals surface area contributed by atoms with Crippen LogP contribution < -0.4 is 5.32 Å². The van der Waals surface area contributed by atoms with E-state index in [0.717, 1.165) is 49.9 Å². The lowest BCUT2D eigenvalue weighted by Gasteiger charge is -2.13. The molecule has 13 nitrogen and oxygen atoms in total. The Balaban J connectivity index is 0.000000367. The fourth-order valence-electron chi connectivity index (χ4n) is 4.28. The number of aryl methyl sites for hydroxylation is 1. The normalized spacial score (nSPS) is 11.7. The Labute approximate surface area is 282 Å². The van der Waals surface area contributed by atoms with Gasteiger partial charge in [-0.3, -0.25) is 9.78 Å². The first kappa shape index (κ1) is 38.2. The zero-order chi connectivity index (χ0) is 38.6. The van der Waals surface area contributed by atoms with E-state index in [1.54, 1.807) is 12.3 Å². The van der Waals surface area contributed by atoms with E-state index in [0.29, 0.717) is 11.4 Å². The van der Waals surface area contributed by atoms with Crippen molar-refractivity contribution in [3.05, 3.63) is 90.7 Å². The molecule has 0 saturated carbocycles. The number of H-pyrrole nitrogens is 1. The van der Waals surface area contributed by atoms with E-state index in [2.05, 4.69) is 35.3 Å². The fourth-order valence-corrected chi connectivity index (χ4v) is 4.28. The lowest BCUT2D eigenvalue weighted by Crippen LogP contribution is -2.21. The fraction of sp³-hybridized carbons (Fsp3) is 0.133. The number of nitrogens with zero attached hydrogens (tertiary/aromatic N) is 6. The van der Waals surface area contributed by atoms with E-state index >= 15 is 0 Å². The van der Waals surface area contributed by atoms with E-state index in [4.69, 9.17) is 19.8 Å². The van der Waals surface area contributed by atoms with Crippen LogP contribution in [0.25, 0.3) is 38.8 Å². The summed E-state index contributed by atoms with van der Waals surface area (Å²) in [4.78, 5) is 50.6. The van der Waals surface area contributed by atoms with Gasteiger partial charge in [0.15, 0.2) is 0 Å². The van der Waals surface area contributed by atoms with Crippen LogP contribution in [0.5, 0.6) is 0 Å². The van der Waals surface area contributed by atoms with Gasteiger partial charge >= 0.3 is 30.5 Å². The van der Waals surface area contributed by atoms with Gasteiger partial charge in [0.05, 0.1) is 23.1 Å². The summed E-state index contributed by atoms with van der Waals surface area (Å²) in [6.07, 6.45) is -7.70. The van der Waals surface area contributed by atoms with E-state index in [1.807, 2.05) is 25.1 Å². The summed E-state index contributed by atoms with van der Waals surface area (Å²) in [5.74, 6) is -6.24. The number of carboxylic acid groups (broad SMARTS) is 2. The van der Waals surface area contributed by atoms with Gasteiger partial charge in [-0.05, 0) is 42.8 Å². The lowest BCUT2D eigenvalue weighted by atomic mass is 10.0. The highest BCUT2D eigenvalue weighted by Crippen LogP contribution is 2.33. The van der Waals surface area contributed by atoms with Gasteiger partial charge in [-0.15, -0.1) is 0 Å². The van der Waals surface area contributed by atoms with Gasteiger partial charge in [0, 0.05) is 39.3 Å². The molecular formula is C30H19F9N8O5. The predicted molar refractivity (Wildman–Crippen MR) is 161 cm³/mol. The molecule has 0 radical (unpaired) electrons. The van der Waals surface area contributed by atoms with Crippen LogP contribution in [-0.2, 0) is 15.8 Å². The van der Waals surface area contributed by atoms with Gasteiger partial charge in [-0.25, -0.2) is 29.2 Å². The van der Waals surface area contributed by atoms with Crippen molar-refractivity contribution in [1.29, 1.82) is 0 Å². The van der Waals surface area contributed by atoms with Crippen molar-refractivity contribution in [2.45, 2.75) is 25.5 Å². The molecule has 0 aliphatic carbocycles. The van der Waals surface area contributed by atoms with Gasteiger partial charge in [-0.2, -0.15) is 44.6 Å². The standard InChI is InChI=1S/C26H17F3N8O.2C2HF3O2/c1-14-21(15-2-3-20-22-10-30-11-33-24(22)36-23(20)6-15)8-18(9-32-14)35-25(38)16-4-17(26(27,28)29)7-19(5-16)37-13-31-12-34-37;2*3-2(4,5)1(6)7/h2-13H,1H3,(H,35,38)(H,30,33,36);2*(H,6,7). The minimum atomic E-state index is -5.08. The summed E-state index contributed by atoms with van der Waals surface area (Å²) in [6, 6.07) is 10.6. The molecular weight excluding hydrogens is 723 g/mol. The topological polar surface area (TPSA) is 189 Å². The Morgan fingerprint density at radius 3 is 2.02 bits per heavy atom. The quantitative estimate of drug-likeness (QED) is 0.143. The lowest BCUT2D eigenvalue weighted by molar-refractivity contribution is -0.193. The van der Waals surface area contributed by atoms with Crippen molar-refractivity contribution in [2.24, 2.45) is 0 Å². The number of carbonyl (C=O) groups excluding carboxylic acids is 1. The maximum Gasteiger partial charge on any atom is 0.490 e. The van der Waals surface area contributed by atoms with E-state index in [9.17, 15) is 44.3 Å². The van der Waals surface area contributed by atoms with Gasteiger partial charge < -0.3 is 20.5 Å². The van der Waals surface area contributed by atoms with Crippen molar-refractivity contribution in [3.63, 3.8) is 0 Å². The highest BCUT2D eigenvalue weighted by Gasteiger charge is 2.39. The molecule has 6 rings (SSSR count). The number of amides is 1. The molecule has 0 atom stereocenters. The number of nitrogens with one attached hydrogen (secondary N) is 2. The molecule has 0 aliphatic rings. The number of rotatable bonds is 4. The van der Waals surface area contributed by atoms with Gasteiger partial charge in [-0.1, -0.05) is 12.1 Å². The summed E-state index contributed by atoms with van der Waals surface area (Å²) in [7, 11) is 0. The molecule has 2 aromatic carbocycles. The summed E-state index contributed by atoms with van der Waals surface area (Å²) < 4.78 is 105. The number of carbonyl (C=O) groups is 3. The molecule has 4 heterocycles. The number of pyridine rings is 1. The zero-order valence-corrected chi connectivity index (χ0v) is 25.6. The Kier molecular flexibility index (Phi) is 10.8. The summed E-state index contributed by atoms with van der Waals surface area (Å²) in [5.41, 5.74) is 3.10. The van der Waals surface area contributed by atoms with Gasteiger partial charge in [0.25, 0.3) is 5.91 Å². The van der Waals surface area contributed by atoms with Gasteiger partial charge in [0.2, 0.25) is 0 Å². The van der Waals surface area contributed by atoms with Crippen molar-refractivity contribution in [1.82, 2.24) is 34.7 Å². The second-order valence-electron chi connectivity index (χ2n) is 10.2. The molecule has 4 aromatic heterocycles. The van der Waals surface area contributed by atoms with Crippen LogP contribution in [0.3, 0.4) is 0 Å². The Morgan fingerprint density at radius 2 is 1.44 bits per heavy atom. The number of benzene rings is 2. The van der Waals surface area contributed by atoms with E-state index in [-0.39, 0.29) is 11.3 Å². The van der Waals surface area contributed by atoms with Crippen LogP contribution >= 0.6 is 0 Å². The minimum Gasteiger partial charge on any atom is -0.475 e. The Hall–Kier alpha value is -6.61. The third-order valence-corrected chi connectivity index (χ3v) is 6.61. The average Bonchev–Trinajstić information content (AvgIpc) is 3.73. The Morgan fingerprint density at radius 1 is 0.788 bits per heavy atom. The van der Waals surface area contributed by atoms with Gasteiger partial charge in [0.1, 0.15) is 24.6 Å². The van der Waals surface area contributed by atoms with Crippen LogP contribution in [0, 0.1) is 6.92 Å². The number of hydrogen-bond acceptors (Lipinski definition) is 8. The molecule has 0 aliphatic heterocycles. The van der Waals surface area contributed by atoms with Crippen molar-refractivity contribution >= 4 is 45.5 Å². The number of aromatic nitrogens is 7. The molecule has 52 heavy (non-hydrogen) atoms. The highest BCUT2D eigenvalue weighted by molar-refractivity contribution is 6.07. The predicted octanol–water partition coefficient (Wildman–Crippen LogP) is 6.60. The third kappa shape index (κ3) is 9.34.